The van der Waals surface area contributed by atoms with Gasteiger partial charge in [-0.05, 0) is 61.1 Å². The summed E-state index contributed by atoms with van der Waals surface area (Å²) in [6.07, 6.45) is 8.80. The molecule has 1 atom stereocenters. The van der Waals surface area contributed by atoms with Gasteiger partial charge in [-0.1, -0.05) is 12.1 Å². The molecule has 3 aromatic rings. The van der Waals surface area contributed by atoms with Gasteiger partial charge in [-0.2, -0.15) is 0 Å². The summed E-state index contributed by atoms with van der Waals surface area (Å²) in [6, 6.07) is 9.62. The fourth-order valence-electron chi connectivity index (χ4n) is 4.41. The number of aromatic nitrogens is 3. The number of benzene rings is 1. The lowest BCUT2D eigenvalue weighted by Gasteiger charge is -2.36. The number of rotatable bonds is 6. The van der Waals surface area contributed by atoms with Gasteiger partial charge in [-0.25, -0.2) is 9.97 Å². The van der Waals surface area contributed by atoms with Gasteiger partial charge in [0.05, 0.1) is 25.3 Å². The Balaban J connectivity index is 1.72. The van der Waals surface area contributed by atoms with Crippen LogP contribution < -0.4 is 9.64 Å². The number of ether oxygens (including phenoxy) is 1. The number of pyridine rings is 1. The van der Waals surface area contributed by atoms with Crippen molar-refractivity contribution in [3.63, 3.8) is 0 Å². The summed E-state index contributed by atoms with van der Waals surface area (Å²) in [7, 11) is 5.51. The van der Waals surface area contributed by atoms with Crippen molar-refractivity contribution in [1.82, 2.24) is 19.9 Å². The van der Waals surface area contributed by atoms with Crippen molar-refractivity contribution >= 4 is 11.9 Å². The molecule has 0 N–H and O–H groups in total. The topological polar surface area (TPSA) is 71.5 Å². The summed E-state index contributed by atoms with van der Waals surface area (Å²) in [4.78, 5) is 31.2. The first kappa shape index (κ1) is 22.7. The van der Waals surface area contributed by atoms with E-state index in [1.807, 2.05) is 73.5 Å². The maximum atomic E-state index is 13.5. The third kappa shape index (κ3) is 4.97. The molecule has 3 heterocycles. The predicted molar refractivity (Wildman–Crippen MR) is 129 cm³/mol. The smallest absolute Gasteiger partial charge is 0.227 e. The Morgan fingerprint density at radius 3 is 2.79 bits per heavy atom. The highest BCUT2D eigenvalue weighted by molar-refractivity contribution is 5.80. The molecule has 7 heteroatoms. The number of likely N-dealkylation sites (tertiary alicyclic amines) is 1. The third-order valence-electron chi connectivity index (χ3n) is 6.14. The zero-order chi connectivity index (χ0) is 23.4. The van der Waals surface area contributed by atoms with Crippen LogP contribution in [0.5, 0.6) is 5.75 Å². The molecule has 1 saturated heterocycles. The number of methoxy groups -OCH3 is 1. The minimum Gasteiger partial charge on any atom is -0.497 e. The first-order chi connectivity index (χ1) is 16.0. The van der Waals surface area contributed by atoms with Crippen LogP contribution in [0, 0.1) is 6.92 Å². The van der Waals surface area contributed by atoms with Crippen LogP contribution in [0.4, 0.5) is 5.95 Å². The van der Waals surface area contributed by atoms with Gasteiger partial charge in [0.1, 0.15) is 5.75 Å². The van der Waals surface area contributed by atoms with E-state index in [2.05, 4.69) is 9.97 Å². The quantitative estimate of drug-likeness (QED) is 0.566. The first-order valence-corrected chi connectivity index (χ1v) is 11.4. The van der Waals surface area contributed by atoms with Crippen molar-refractivity contribution in [3.05, 3.63) is 65.7 Å². The van der Waals surface area contributed by atoms with Crippen LogP contribution in [0.3, 0.4) is 0 Å². The van der Waals surface area contributed by atoms with Crippen LogP contribution in [0.1, 0.15) is 42.1 Å². The Kier molecular flexibility index (Phi) is 6.87. The molecular weight excluding hydrogens is 414 g/mol. The number of aryl methyl sites for hydroxylation is 1. The third-order valence-corrected chi connectivity index (χ3v) is 6.14. The normalized spacial score (nSPS) is 15.9. The molecule has 1 fully saturated rings. The van der Waals surface area contributed by atoms with Gasteiger partial charge in [-0.3, -0.25) is 9.78 Å². The molecule has 33 heavy (non-hydrogen) atoms. The van der Waals surface area contributed by atoms with E-state index < -0.39 is 0 Å². The Bertz CT molecular complexity index is 1130. The molecule has 1 aliphatic heterocycles. The summed E-state index contributed by atoms with van der Waals surface area (Å²) >= 11 is 0. The molecule has 4 rings (SSSR count). The summed E-state index contributed by atoms with van der Waals surface area (Å²) in [5.41, 5.74) is 4.93. The van der Waals surface area contributed by atoms with E-state index in [1.165, 1.54) is 0 Å². The van der Waals surface area contributed by atoms with E-state index in [0.717, 1.165) is 59.5 Å². The Morgan fingerprint density at radius 1 is 1.18 bits per heavy atom. The van der Waals surface area contributed by atoms with E-state index in [1.54, 1.807) is 13.3 Å². The van der Waals surface area contributed by atoms with E-state index >= 15 is 0 Å². The highest BCUT2D eigenvalue weighted by Crippen LogP contribution is 2.37. The fraction of sp³-hybridized carbons (Fsp3) is 0.385. The van der Waals surface area contributed by atoms with Crippen LogP contribution >= 0.6 is 0 Å². The minimum absolute atomic E-state index is 0.0962. The molecule has 1 aliphatic rings. The van der Waals surface area contributed by atoms with Crippen LogP contribution in [0.15, 0.2) is 48.9 Å². The number of amides is 1. The van der Waals surface area contributed by atoms with Crippen LogP contribution in [-0.2, 0) is 11.2 Å². The van der Waals surface area contributed by atoms with Crippen LogP contribution in [0.2, 0.25) is 0 Å². The number of anilines is 1. The van der Waals surface area contributed by atoms with Gasteiger partial charge >= 0.3 is 0 Å². The molecule has 172 valence electrons. The molecule has 7 nitrogen and oxygen atoms in total. The van der Waals surface area contributed by atoms with Gasteiger partial charge < -0.3 is 14.5 Å². The fourth-order valence-corrected chi connectivity index (χ4v) is 4.41. The number of hydrogen-bond donors (Lipinski definition) is 0. The highest BCUT2D eigenvalue weighted by Gasteiger charge is 2.32. The molecule has 0 bridgehead atoms. The van der Waals surface area contributed by atoms with E-state index in [4.69, 9.17) is 9.72 Å². The van der Waals surface area contributed by atoms with Crippen molar-refractivity contribution in [2.75, 3.05) is 32.6 Å². The van der Waals surface area contributed by atoms with Crippen molar-refractivity contribution in [2.45, 2.75) is 38.6 Å². The average Bonchev–Trinajstić information content (AvgIpc) is 2.84. The number of carbonyl (C=O) groups excluding carboxylic acids is 1. The lowest BCUT2D eigenvalue weighted by atomic mass is 9.92. The summed E-state index contributed by atoms with van der Waals surface area (Å²) in [5.74, 6) is 1.51. The molecule has 0 unspecified atom stereocenters. The number of nitrogens with zero attached hydrogens (tertiary/aromatic N) is 5. The van der Waals surface area contributed by atoms with Crippen molar-refractivity contribution in [2.24, 2.45) is 0 Å². The lowest BCUT2D eigenvalue weighted by molar-refractivity contribution is -0.134. The molecule has 0 radical (unpaired) electrons. The standard InChI is InChI=1S/C26H31N5O2/c1-18-16-27-12-11-21(18)22-17-28-26(30(2)3)29-25(22)23-10-5-6-13-31(23)24(32)15-19-8-7-9-20(14-19)33-4/h7-9,11-12,14,16-17,23H,5-6,10,13,15H2,1-4H3/t23-/m0/s1. The zero-order valence-corrected chi connectivity index (χ0v) is 19.8. The molecular formula is C26H31N5O2. The van der Waals surface area contributed by atoms with E-state index in [-0.39, 0.29) is 11.9 Å². The van der Waals surface area contributed by atoms with Crippen LogP contribution in [0.25, 0.3) is 11.1 Å². The monoisotopic (exact) mass is 445 g/mol. The second-order valence-electron chi connectivity index (χ2n) is 8.68. The maximum absolute atomic E-state index is 13.5. The van der Waals surface area contributed by atoms with E-state index in [9.17, 15) is 4.79 Å². The molecule has 0 saturated carbocycles. The van der Waals surface area contributed by atoms with Crippen LogP contribution in [-0.4, -0.2) is 53.5 Å². The Labute approximate surface area is 195 Å². The maximum Gasteiger partial charge on any atom is 0.227 e. The van der Waals surface area contributed by atoms with Gasteiger partial charge in [0.2, 0.25) is 11.9 Å². The van der Waals surface area contributed by atoms with Gasteiger partial charge in [0, 0.05) is 44.8 Å². The van der Waals surface area contributed by atoms with Gasteiger partial charge in [0.15, 0.2) is 0 Å². The van der Waals surface area contributed by atoms with Crippen molar-refractivity contribution in [1.29, 1.82) is 0 Å². The number of carbonyl (C=O) groups is 1. The molecule has 2 aromatic heterocycles. The molecule has 0 aliphatic carbocycles. The number of piperidine rings is 1. The molecule has 1 aromatic carbocycles. The highest BCUT2D eigenvalue weighted by atomic mass is 16.5. The summed E-state index contributed by atoms with van der Waals surface area (Å²) in [6.45, 7) is 2.77. The Morgan fingerprint density at radius 2 is 2.03 bits per heavy atom. The minimum atomic E-state index is -0.0962. The largest absolute Gasteiger partial charge is 0.497 e. The van der Waals surface area contributed by atoms with Crippen molar-refractivity contribution in [3.8, 4) is 16.9 Å². The first-order valence-electron chi connectivity index (χ1n) is 11.4. The number of hydrogen-bond acceptors (Lipinski definition) is 6. The van der Waals surface area contributed by atoms with Crippen molar-refractivity contribution < 1.29 is 9.53 Å². The predicted octanol–water partition coefficient (Wildman–Crippen LogP) is 4.22. The molecule has 1 amide bonds. The second kappa shape index (κ2) is 9.98. The zero-order valence-electron chi connectivity index (χ0n) is 19.8. The van der Waals surface area contributed by atoms with Gasteiger partial charge in [0.25, 0.3) is 0 Å². The second-order valence-corrected chi connectivity index (χ2v) is 8.68. The summed E-state index contributed by atoms with van der Waals surface area (Å²) < 4.78 is 5.33. The van der Waals surface area contributed by atoms with E-state index in [0.29, 0.717) is 12.4 Å². The van der Waals surface area contributed by atoms with Gasteiger partial charge in [-0.15, -0.1) is 0 Å². The SMILES string of the molecule is COc1cccc(CC(=O)N2CCCC[C@H]2c2nc(N(C)C)ncc2-c2ccncc2C)c1. The Hall–Kier alpha value is -3.48. The summed E-state index contributed by atoms with van der Waals surface area (Å²) in [5, 5.41) is 0. The molecule has 0 spiro atoms. The lowest BCUT2D eigenvalue weighted by Crippen LogP contribution is -2.40. The average molecular weight is 446 g/mol.